The summed E-state index contributed by atoms with van der Waals surface area (Å²) < 4.78 is 0. The van der Waals surface area contributed by atoms with Gasteiger partial charge in [0.1, 0.15) is 0 Å². The highest BCUT2D eigenvalue weighted by Gasteiger charge is 2.31. The van der Waals surface area contributed by atoms with Crippen LogP contribution in [0.3, 0.4) is 0 Å². The maximum absolute atomic E-state index is 12.5. The van der Waals surface area contributed by atoms with Crippen molar-refractivity contribution in [1.29, 1.82) is 0 Å². The molecule has 7 atom stereocenters. The zero-order valence-corrected chi connectivity index (χ0v) is 43.4. The van der Waals surface area contributed by atoms with Crippen LogP contribution in [0.5, 0.6) is 0 Å². The van der Waals surface area contributed by atoms with E-state index in [4.69, 9.17) is 22.9 Å². The number of allylic oxidation sites excluding steroid dienone is 2. The van der Waals surface area contributed by atoms with Gasteiger partial charge in [-0.2, -0.15) is 0 Å². The Morgan fingerprint density at radius 1 is 0.545 bits per heavy atom. The fourth-order valence-electron chi connectivity index (χ4n) is 9.04. The third-order valence-electron chi connectivity index (χ3n) is 13.7. The molecule has 1 saturated carbocycles. The van der Waals surface area contributed by atoms with Gasteiger partial charge in [0, 0.05) is 19.1 Å². The van der Waals surface area contributed by atoms with E-state index >= 15 is 0 Å². The molecule has 0 spiro atoms. The van der Waals surface area contributed by atoms with Gasteiger partial charge in [0.2, 0.25) is 11.8 Å². The fraction of sp³-hybridized carbons (Fsp3) is 0.923. The summed E-state index contributed by atoms with van der Waals surface area (Å²) >= 11 is 0. The van der Waals surface area contributed by atoms with E-state index in [0.717, 1.165) is 193 Å². The SMILES string of the molecule is C/C(=C/CC[C@@H](C)CCNCCCC[C@H](N)C(=O)NCCCNCCCCNCCCN)CCC(C)[C@@H]1CCC(C)CC1NCCCC[C@H](N)C(=O)NCCCNCCCCNCCCN. The molecule has 0 aliphatic heterocycles. The number of carbonyl (C=O) groups is 2. The van der Waals surface area contributed by atoms with Crippen LogP contribution < -0.4 is 65.5 Å². The minimum atomic E-state index is -0.423. The number of nitrogens with one attached hydrogen (secondary N) is 8. The summed E-state index contributed by atoms with van der Waals surface area (Å²) in [6.45, 7) is 23.4. The normalized spacial score (nSPS) is 18.5. The van der Waals surface area contributed by atoms with Gasteiger partial charge in [-0.3, -0.25) is 9.59 Å². The summed E-state index contributed by atoms with van der Waals surface area (Å²) in [5.74, 6) is 2.87. The Kier molecular flexibility index (Phi) is 42.0. The standard InChI is InChI=1S/C52H110N12O2/c1-43(18-13-19-44(2)26-41-61-29-7-5-20-48(55)51(65)63-39-16-36-59-32-11-9-30-57-34-14-27-53)22-24-46(4)47-25-23-45(3)42-50(47)62-38-8-6-21-49(56)52(66)64-40-17-37-60-33-12-10-31-58-35-15-28-54/h18,44-50,57-62H,5-17,19-42,53-56H2,1-4H3,(H,63,65)(H,64,66)/b43-18-/t44-,45?,46?,47+,48+,49+,50?/m1/s1. The molecule has 1 aliphatic carbocycles. The van der Waals surface area contributed by atoms with Crippen LogP contribution in [0.1, 0.15) is 169 Å². The van der Waals surface area contributed by atoms with Gasteiger partial charge in [-0.05, 0) is 238 Å². The molecule has 0 heterocycles. The zero-order chi connectivity index (χ0) is 48.3. The molecule has 3 unspecified atom stereocenters. The largest absolute Gasteiger partial charge is 0.355 e. The molecule has 0 aromatic heterocycles. The van der Waals surface area contributed by atoms with Crippen LogP contribution in [0.4, 0.5) is 0 Å². The van der Waals surface area contributed by atoms with Crippen molar-refractivity contribution in [3.8, 4) is 0 Å². The van der Waals surface area contributed by atoms with Crippen molar-refractivity contribution in [2.24, 2.45) is 46.6 Å². The zero-order valence-electron chi connectivity index (χ0n) is 43.4. The Labute approximate surface area is 406 Å². The first-order chi connectivity index (χ1) is 32.1. The van der Waals surface area contributed by atoms with Crippen molar-refractivity contribution < 1.29 is 9.59 Å². The monoisotopic (exact) mass is 935 g/mol. The number of hydrogen-bond donors (Lipinski definition) is 12. The van der Waals surface area contributed by atoms with E-state index in [1.165, 1.54) is 44.9 Å². The third-order valence-corrected chi connectivity index (χ3v) is 13.7. The Bertz CT molecular complexity index is 1150. The van der Waals surface area contributed by atoms with Gasteiger partial charge >= 0.3 is 0 Å². The van der Waals surface area contributed by atoms with Crippen molar-refractivity contribution in [2.75, 3.05) is 98.2 Å². The summed E-state index contributed by atoms with van der Waals surface area (Å²) in [7, 11) is 0. The van der Waals surface area contributed by atoms with Crippen molar-refractivity contribution >= 4 is 11.8 Å². The van der Waals surface area contributed by atoms with E-state index in [-0.39, 0.29) is 11.8 Å². The maximum Gasteiger partial charge on any atom is 0.236 e. The molecule has 16 N–H and O–H groups in total. The molecule has 2 amide bonds. The molecule has 0 bridgehead atoms. The van der Waals surface area contributed by atoms with Gasteiger partial charge in [0.25, 0.3) is 0 Å². The Hall–Kier alpha value is -1.72. The minimum absolute atomic E-state index is 0.0161. The second kappa shape index (κ2) is 44.5. The van der Waals surface area contributed by atoms with Gasteiger partial charge in [0.05, 0.1) is 12.1 Å². The van der Waals surface area contributed by atoms with Crippen LogP contribution in [0.15, 0.2) is 11.6 Å². The first kappa shape index (κ1) is 62.3. The van der Waals surface area contributed by atoms with Gasteiger partial charge in [-0.15, -0.1) is 0 Å². The average molecular weight is 936 g/mol. The van der Waals surface area contributed by atoms with Crippen molar-refractivity contribution in [2.45, 2.75) is 187 Å². The fourth-order valence-corrected chi connectivity index (χ4v) is 9.04. The highest BCUT2D eigenvalue weighted by atomic mass is 16.2. The number of rotatable bonds is 47. The Balaban J connectivity index is 2.10. The van der Waals surface area contributed by atoms with E-state index < -0.39 is 12.1 Å². The second-order valence-electron chi connectivity index (χ2n) is 20.1. The van der Waals surface area contributed by atoms with Crippen LogP contribution in [0.2, 0.25) is 0 Å². The van der Waals surface area contributed by atoms with E-state index in [9.17, 15) is 9.59 Å². The summed E-state index contributed by atoms with van der Waals surface area (Å²) in [5.41, 5.74) is 25.0. The van der Waals surface area contributed by atoms with Crippen molar-refractivity contribution in [3.05, 3.63) is 11.6 Å². The van der Waals surface area contributed by atoms with Gasteiger partial charge in [-0.25, -0.2) is 0 Å². The van der Waals surface area contributed by atoms with Crippen molar-refractivity contribution in [3.63, 3.8) is 0 Å². The number of hydrogen-bond acceptors (Lipinski definition) is 12. The molecule has 1 aliphatic rings. The van der Waals surface area contributed by atoms with Crippen LogP contribution >= 0.6 is 0 Å². The third kappa shape index (κ3) is 36.3. The number of nitrogens with two attached hydrogens (primary N) is 4. The van der Waals surface area contributed by atoms with Crippen LogP contribution in [-0.2, 0) is 9.59 Å². The minimum Gasteiger partial charge on any atom is -0.355 e. The molecule has 0 radical (unpaired) electrons. The molecule has 0 aromatic carbocycles. The molecule has 66 heavy (non-hydrogen) atoms. The lowest BCUT2D eigenvalue weighted by Crippen LogP contribution is -2.44. The summed E-state index contributed by atoms with van der Waals surface area (Å²) in [6, 6.07) is -0.259. The lowest BCUT2D eigenvalue weighted by atomic mass is 9.72. The average Bonchev–Trinajstić information content (AvgIpc) is 3.30. The number of unbranched alkanes of at least 4 members (excludes halogenated alkanes) is 4. The predicted octanol–water partition coefficient (Wildman–Crippen LogP) is 4.76. The van der Waals surface area contributed by atoms with Gasteiger partial charge in [-0.1, -0.05) is 51.7 Å². The van der Waals surface area contributed by atoms with Crippen LogP contribution in [-0.4, -0.2) is 128 Å². The molecule has 14 nitrogen and oxygen atoms in total. The lowest BCUT2D eigenvalue weighted by molar-refractivity contribution is -0.123. The molecular formula is C52H110N12O2. The topological polar surface area (TPSA) is 234 Å². The molecule has 14 heteroatoms. The lowest BCUT2D eigenvalue weighted by Gasteiger charge is -2.39. The van der Waals surface area contributed by atoms with Crippen LogP contribution in [0, 0.1) is 23.7 Å². The highest BCUT2D eigenvalue weighted by molar-refractivity contribution is 5.81. The van der Waals surface area contributed by atoms with E-state index in [1.54, 1.807) is 5.57 Å². The van der Waals surface area contributed by atoms with Crippen LogP contribution in [0.25, 0.3) is 0 Å². The van der Waals surface area contributed by atoms with E-state index in [0.29, 0.717) is 31.0 Å². The van der Waals surface area contributed by atoms with E-state index in [2.05, 4.69) is 76.3 Å². The second-order valence-corrected chi connectivity index (χ2v) is 20.1. The molecule has 1 fully saturated rings. The van der Waals surface area contributed by atoms with Gasteiger partial charge < -0.3 is 65.5 Å². The summed E-state index contributed by atoms with van der Waals surface area (Å²) in [4.78, 5) is 24.9. The summed E-state index contributed by atoms with van der Waals surface area (Å²) in [5, 5.41) is 27.4. The number of amides is 2. The highest BCUT2D eigenvalue weighted by Crippen LogP contribution is 2.36. The van der Waals surface area contributed by atoms with Crippen molar-refractivity contribution in [1.82, 2.24) is 42.5 Å². The smallest absolute Gasteiger partial charge is 0.236 e. The first-order valence-corrected chi connectivity index (χ1v) is 27.5. The maximum atomic E-state index is 12.5. The quantitative estimate of drug-likeness (QED) is 0.0293. The summed E-state index contributed by atoms with van der Waals surface area (Å²) in [6.07, 6.45) is 26.5. The van der Waals surface area contributed by atoms with E-state index in [1.807, 2.05) is 0 Å². The predicted molar refractivity (Wildman–Crippen MR) is 283 cm³/mol. The number of carbonyl (C=O) groups excluding carboxylic acids is 2. The Morgan fingerprint density at radius 3 is 1.52 bits per heavy atom. The molecule has 1 rings (SSSR count). The molecule has 0 aromatic rings. The molecule has 390 valence electrons. The first-order valence-electron chi connectivity index (χ1n) is 27.5. The van der Waals surface area contributed by atoms with Gasteiger partial charge in [0.15, 0.2) is 0 Å². The molecular weight excluding hydrogens is 825 g/mol. The molecule has 0 saturated heterocycles. The Morgan fingerprint density at radius 2 is 1.00 bits per heavy atom.